The van der Waals surface area contributed by atoms with Crippen LogP contribution in [0.25, 0.3) is 10.1 Å². The quantitative estimate of drug-likeness (QED) is 0.912. The number of rotatable bonds is 3. The summed E-state index contributed by atoms with van der Waals surface area (Å²) >= 11 is 1.55. The number of benzene rings is 1. The number of hydrogen-bond acceptors (Lipinski definition) is 3. The van der Waals surface area contributed by atoms with Gasteiger partial charge in [-0.3, -0.25) is 4.79 Å². The Morgan fingerprint density at radius 2 is 2.20 bits per heavy atom. The molecule has 0 spiro atoms. The van der Waals surface area contributed by atoms with Crippen LogP contribution < -0.4 is 5.32 Å². The molecular formula is C16H19NO2S. The van der Waals surface area contributed by atoms with Gasteiger partial charge in [0, 0.05) is 11.2 Å². The van der Waals surface area contributed by atoms with Crippen molar-refractivity contribution in [1.29, 1.82) is 0 Å². The summed E-state index contributed by atoms with van der Waals surface area (Å²) in [5, 5.41) is 13.7. The Morgan fingerprint density at radius 1 is 1.40 bits per heavy atom. The van der Waals surface area contributed by atoms with Crippen LogP contribution in [-0.2, 0) is 0 Å². The molecule has 1 fully saturated rings. The molecule has 1 amide bonds. The summed E-state index contributed by atoms with van der Waals surface area (Å²) in [4.78, 5) is 13.1. The highest BCUT2D eigenvalue weighted by molar-refractivity contribution is 7.21. The molecule has 1 heterocycles. The van der Waals surface area contributed by atoms with E-state index in [9.17, 15) is 9.90 Å². The Balaban J connectivity index is 1.71. The molecule has 1 aromatic heterocycles. The lowest BCUT2D eigenvalue weighted by Gasteiger charge is -2.10. The molecule has 0 aliphatic heterocycles. The summed E-state index contributed by atoms with van der Waals surface area (Å²) in [5.74, 6) is 0.439. The van der Waals surface area contributed by atoms with Gasteiger partial charge in [-0.25, -0.2) is 0 Å². The lowest BCUT2D eigenvalue weighted by molar-refractivity contribution is 0.0948. The molecule has 2 atom stereocenters. The zero-order chi connectivity index (χ0) is 14.1. The first-order valence-electron chi connectivity index (χ1n) is 7.09. The summed E-state index contributed by atoms with van der Waals surface area (Å²) in [5.41, 5.74) is 1.06. The van der Waals surface area contributed by atoms with Gasteiger partial charge in [0.15, 0.2) is 0 Å². The first-order valence-corrected chi connectivity index (χ1v) is 7.91. The van der Waals surface area contributed by atoms with Crippen molar-refractivity contribution in [3.8, 4) is 0 Å². The SMILES string of the molecule is Cc1c(C(=O)NCC2CCC(O)C2)sc2ccccc12. The molecule has 0 bridgehead atoms. The second-order valence-corrected chi connectivity index (χ2v) is 6.65. The largest absolute Gasteiger partial charge is 0.393 e. The summed E-state index contributed by atoms with van der Waals surface area (Å²) < 4.78 is 1.16. The number of aliphatic hydroxyl groups excluding tert-OH is 1. The van der Waals surface area contributed by atoms with Crippen molar-refractivity contribution in [2.45, 2.75) is 32.3 Å². The average molecular weight is 289 g/mol. The molecule has 1 saturated carbocycles. The molecule has 2 aromatic rings. The molecule has 1 aliphatic rings. The van der Waals surface area contributed by atoms with Crippen LogP contribution in [0, 0.1) is 12.8 Å². The molecule has 0 radical (unpaired) electrons. The molecule has 2 N–H and O–H groups in total. The summed E-state index contributed by atoms with van der Waals surface area (Å²) in [6, 6.07) is 8.12. The first kappa shape index (κ1) is 13.6. The summed E-state index contributed by atoms with van der Waals surface area (Å²) in [7, 11) is 0. The van der Waals surface area contributed by atoms with Gasteiger partial charge in [-0.05, 0) is 49.1 Å². The van der Waals surface area contributed by atoms with E-state index in [4.69, 9.17) is 0 Å². The number of aryl methyl sites for hydroxylation is 1. The highest BCUT2D eigenvalue weighted by Crippen LogP contribution is 2.30. The van der Waals surface area contributed by atoms with Gasteiger partial charge in [-0.15, -0.1) is 11.3 Å². The number of amides is 1. The monoisotopic (exact) mass is 289 g/mol. The number of nitrogens with one attached hydrogen (secondary N) is 1. The molecular weight excluding hydrogens is 270 g/mol. The van der Waals surface area contributed by atoms with E-state index in [1.54, 1.807) is 11.3 Å². The first-order chi connectivity index (χ1) is 9.65. The maximum atomic E-state index is 12.3. The minimum Gasteiger partial charge on any atom is -0.393 e. The third-order valence-electron chi connectivity index (χ3n) is 4.11. The molecule has 3 nitrogen and oxygen atoms in total. The molecule has 1 aliphatic carbocycles. The number of thiophene rings is 1. The topological polar surface area (TPSA) is 49.3 Å². The van der Waals surface area contributed by atoms with E-state index in [-0.39, 0.29) is 12.0 Å². The molecule has 2 unspecified atom stereocenters. The van der Waals surface area contributed by atoms with Crippen LogP contribution in [0.1, 0.15) is 34.5 Å². The van der Waals surface area contributed by atoms with Crippen molar-refractivity contribution in [2.24, 2.45) is 5.92 Å². The van der Waals surface area contributed by atoms with Crippen LogP contribution in [-0.4, -0.2) is 23.7 Å². The van der Waals surface area contributed by atoms with E-state index in [0.29, 0.717) is 12.5 Å². The van der Waals surface area contributed by atoms with Crippen LogP contribution in [0.2, 0.25) is 0 Å². The Bertz CT molecular complexity index is 634. The van der Waals surface area contributed by atoms with E-state index in [2.05, 4.69) is 17.4 Å². The third kappa shape index (κ3) is 2.58. The maximum Gasteiger partial charge on any atom is 0.261 e. The highest BCUT2D eigenvalue weighted by atomic mass is 32.1. The smallest absolute Gasteiger partial charge is 0.261 e. The van der Waals surface area contributed by atoms with Crippen molar-refractivity contribution in [1.82, 2.24) is 5.32 Å². The third-order valence-corrected chi connectivity index (χ3v) is 5.39. The average Bonchev–Trinajstić information content (AvgIpc) is 3.01. The number of fused-ring (bicyclic) bond motifs is 1. The molecule has 20 heavy (non-hydrogen) atoms. The zero-order valence-electron chi connectivity index (χ0n) is 11.6. The predicted molar refractivity (Wildman–Crippen MR) is 82.2 cm³/mol. The van der Waals surface area contributed by atoms with E-state index in [1.165, 1.54) is 5.39 Å². The van der Waals surface area contributed by atoms with Crippen molar-refractivity contribution >= 4 is 27.3 Å². The van der Waals surface area contributed by atoms with Gasteiger partial charge >= 0.3 is 0 Å². The predicted octanol–water partition coefficient (Wildman–Crippen LogP) is 3.10. The van der Waals surface area contributed by atoms with Crippen LogP contribution in [0.4, 0.5) is 0 Å². The van der Waals surface area contributed by atoms with Crippen molar-refractivity contribution in [3.05, 3.63) is 34.7 Å². The molecule has 0 saturated heterocycles. The normalized spacial score (nSPS) is 22.3. The van der Waals surface area contributed by atoms with Crippen LogP contribution in [0.3, 0.4) is 0 Å². The van der Waals surface area contributed by atoms with Crippen LogP contribution in [0.15, 0.2) is 24.3 Å². The summed E-state index contributed by atoms with van der Waals surface area (Å²) in [6.45, 7) is 2.68. The van der Waals surface area contributed by atoms with Gasteiger partial charge in [0.1, 0.15) is 0 Å². The van der Waals surface area contributed by atoms with Crippen molar-refractivity contribution in [3.63, 3.8) is 0 Å². The minimum atomic E-state index is -0.178. The minimum absolute atomic E-state index is 0.0186. The Hall–Kier alpha value is -1.39. The van der Waals surface area contributed by atoms with Gasteiger partial charge in [0.2, 0.25) is 0 Å². The highest BCUT2D eigenvalue weighted by Gasteiger charge is 2.23. The fourth-order valence-corrected chi connectivity index (χ4v) is 4.07. The Kier molecular flexibility index (Phi) is 3.76. The van der Waals surface area contributed by atoms with Crippen LogP contribution >= 0.6 is 11.3 Å². The van der Waals surface area contributed by atoms with E-state index < -0.39 is 0 Å². The number of hydrogen-bond donors (Lipinski definition) is 2. The Labute approximate surface area is 122 Å². The fraction of sp³-hybridized carbons (Fsp3) is 0.438. The summed E-state index contributed by atoms with van der Waals surface area (Å²) in [6.07, 6.45) is 2.50. The van der Waals surface area contributed by atoms with Gasteiger partial charge in [0.05, 0.1) is 11.0 Å². The Morgan fingerprint density at radius 3 is 2.90 bits per heavy atom. The maximum absolute atomic E-state index is 12.3. The van der Waals surface area contributed by atoms with Crippen molar-refractivity contribution in [2.75, 3.05) is 6.54 Å². The standard InChI is InChI=1S/C16H19NO2S/c1-10-13-4-2-3-5-14(13)20-15(10)16(19)17-9-11-6-7-12(18)8-11/h2-5,11-12,18H,6-9H2,1H3,(H,17,19). The molecule has 4 heteroatoms. The van der Waals surface area contributed by atoms with Gasteiger partial charge in [0.25, 0.3) is 5.91 Å². The lowest BCUT2D eigenvalue weighted by atomic mass is 10.1. The molecule has 1 aromatic carbocycles. The number of carbonyl (C=O) groups is 1. The second kappa shape index (κ2) is 5.54. The van der Waals surface area contributed by atoms with Gasteiger partial charge in [-0.2, -0.15) is 0 Å². The van der Waals surface area contributed by atoms with Crippen LogP contribution in [0.5, 0.6) is 0 Å². The fourth-order valence-electron chi connectivity index (χ4n) is 2.94. The van der Waals surface area contributed by atoms with Gasteiger partial charge < -0.3 is 10.4 Å². The van der Waals surface area contributed by atoms with E-state index >= 15 is 0 Å². The van der Waals surface area contributed by atoms with Crippen molar-refractivity contribution < 1.29 is 9.90 Å². The second-order valence-electron chi connectivity index (χ2n) is 5.60. The van der Waals surface area contributed by atoms with Gasteiger partial charge in [-0.1, -0.05) is 18.2 Å². The molecule has 106 valence electrons. The lowest BCUT2D eigenvalue weighted by Crippen LogP contribution is -2.28. The number of carbonyl (C=O) groups excluding carboxylic acids is 1. The van der Waals surface area contributed by atoms with E-state index in [1.807, 2.05) is 19.1 Å². The number of aliphatic hydroxyl groups is 1. The molecule has 3 rings (SSSR count). The van der Waals surface area contributed by atoms with E-state index in [0.717, 1.165) is 34.4 Å². The zero-order valence-corrected chi connectivity index (χ0v) is 12.4.